The summed E-state index contributed by atoms with van der Waals surface area (Å²) in [7, 11) is 0. The highest BCUT2D eigenvalue weighted by Crippen LogP contribution is 2.27. The number of carbonyl (C=O) groups is 1. The summed E-state index contributed by atoms with van der Waals surface area (Å²) in [4.78, 5) is 12.1. The van der Waals surface area contributed by atoms with Crippen LogP contribution in [0.5, 0.6) is 11.5 Å². The highest BCUT2D eigenvalue weighted by Gasteiger charge is 2.15. The van der Waals surface area contributed by atoms with Crippen molar-refractivity contribution >= 4 is 43.3 Å². The van der Waals surface area contributed by atoms with E-state index >= 15 is 0 Å². The Hall–Kier alpha value is -2.57. The fourth-order valence-corrected chi connectivity index (χ4v) is 4.20. The molecule has 0 atom stereocenters. The third kappa shape index (κ3) is 6.71. The lowest BCUT2D eigenvalue weighted by atomic mass is 10.1. The minimum Gasteiger partial charge on any atom is -0.457 e. The van der Waals surface area contributed by atoms with Gasteiger partial charge in [0.25, 0.3) is 0 Å². The zero-order valence-electron chi connectivity index (χ0n) is 18.1. The first-order chi connectivity index (χ1) is 15.5. The Labute approximate surface area is 206 Å². The number of hydrazine groups is 1. The maximum atomic E-state index is 12.1. The molecule has 1 aliphatic rings. The molecule has 2 aromatic rings. The van der Waals surface area contributed by atoms with Gasteiger partial charge >= 0.3 is 0 Å². The molecule has 0 radical (unpaired) electrons. The number of benzene rings is 2. The second-order valence-corrected chi connectivity index (χ2v) is 9.04. The number of hydrogen-bond acceptors (Lipinski definition) is 4. The summed E-state index contributed by atoms with van der Waals surface area (Å²) in [5.41, 5.74) is 10.6. The van der Waals surface area contributed by atoms with E-state index in [0.29, 0.717) is 15.4 Å². The minimum absolute atomic E-state index is 0.0560. The zero-order chi connectivity index (χ0) is 22.9. The van der Waals surface area contributed by atoms with Gasteiger partial charge < -0.3 is 15.6 Å². The molecular weight excluding hydrogens is 532 g/mol. The van der Waals surface area contributed by atoms with Gasteiger partial charge in [-0.15, -0.1) is 0 Å². The highest BCUT2D eigenvalue weighted by atomic mass is 79.9. The van der Waals surface area contributed by atoms with Crippen molar-refractivity contribution in [3.8, 4) is 11.5 Å². The highest BCUT2D eigenvalue weighted by molar-refractivity contribution is 9.13. The first kappa shape index (κ1) is 24.1. The summed E-state index contributed by atoms with van der Waals surface area (Å²) < 4.78 is 7.09. The number of ketones is 1. The van der Waals surface area contributed by atoms with Gasteiger partial charge in [-0.2, -0.15) is 0 Å². The predicted octanol–water partition coefficient (Wildman–Crippen LogP) is 7.52. The lowest BCUT2D eigenvalue weighted by Gasteiger charge is -2.17. The van der Waals surface area contributed by atoms with Crippen LogP contribution in [0.25, 0.3) is 5.70 Å². The van der Waals surface area contributed by atoms with Crippen LogP contribution >= 0.6 is 31.9 Å². The van der Waals surface area contributed by atoms with E-state index in [1.807, 2.05) is 67.6 Å². The van der Waals surface area contributed by atoms with E-state index in [-0.39, 0.29) is 5.78 Å². The number of Topliss-reactive ketones (excluding diaryl/α,β-unsaturated/α-hetero) is 1. The third-order valence-corrected chi connectivity index (χ3v) is 6.14. The number of nitrogens with one attached hydrogen (secondary N) is 2. The molecule has 3 rings (SSSR count). The van der Waals surface area contributed by atoms with Crippen molar-refractivity contribution in [2.24, 2.45) is 0 Å². The summed E-state index contributed by atoms with van der Waals surface area (Å²) in [5.74, 6) is 1.52. The van der Waals surface area contributed by atoms with Crippen LogP contribution in [0.3, 0.4) is 0 Å². The van der Waals surface area contributed by atoms with Crippen molar-refractivity contribution in [2.75, 3.05) is 0 Å². The summed E-state index contributed by atoms with van der Waals surface area (Å²) in [6.45, 7) is 4.14. The average Bonchev–Trinajstić information content (AvgIpc) is 2.93. The topological polar surface area (TPSA) is 50.4 Å². The van der Waals surface area contributed by atoms with Crippen LogP contribution in [0, 0.1) is 0 Å². The van der Waals surface area contributed by atoms with Crippen molar-refractivity contribution in [2.45, 2.75) is 33.1 Å². The Bertz CT molecular complexity index is 1090. The number of carbonyl (C=O) groups excluding carboxylic acids is 1. The Kier molecular flexibility index (Phi) is 8.94. The summed E-state index contributed by atoms with van der Waals surface area (Å²) >= 11 is 6.71. The van der Waals surface area contributed by atoms with Crippen molar-refractivity contribution in [1.29, 1.82) is 0 Å². The molecule has 0 saturated heterocycles. The van der Waals surface area contributed by atoms with Crippen LogP contribution in [0.4, 0.5) is 0 Å². The normalized spacial score (nSPS) is 16.0. The molecule has 32 heavy (non-hydrogen) atoms. The number of rotatable bonds is 8. The van der Waals surface area contributed by atoms with Crippen LogP contribution in [-0.4, -0.2) is 5.78 Å². The molecule has 2 N–H and O–H groups in total. The number of allylic oxidation sites excluding steroid dienone is 7. The van der Waals surface area contributed by atoms with Gasteiger partial charge in [0.2, 0.25) is 5.78 Å². The first-order valence-corrected chi connectivity index (χ1v) is 12.1. The van der Waals surface area contributed by atoms with E-state index in [9.17, 15) is 4.79 Å². The Balaban J connectivity index is 1.79. The smallest absolute Gasteiger partial charge is 0.206 e. The van der Waals surface area contributed by atoms with Crippen LogP contribution in [-0.2, 0) is 4.79 Å². The van der Waals surface area contributed by atoms with E-state index in [0.717, 1.165) is 46.9 Å². The number of halogens is 2. The third-order valence-electron chi connectivity index (χ3n) is 4.86. The van der Waals surface area contributed by atoms with E-state index in [1.54, 1.807) is 0 Å². The van der Waals surface area contributed by atoms with Gasteiger partial charge in [0, 0.05) is 11.3 Å². The molecular formula is C26H26Br2N2O2. The van der Waals surface area contributed by atoms with Crippen molar-refractivity contribution in [3.05, 3.63) is 98.6 Å². The molecule has 1 aliphatic carbocycles. The quantitative estimate of drug-likeness (QED) is 0.329. The monoisotopic (exact) mass is 556 g/mol. The Morgan fingerprint density at radius 1 is 1.03 bits per heavy atom. The molecule has 0 fully saturated rings. The molecule has 0 unspecified atom stereocenters. The van der Waals surface area contributed by atoms with Crippen LogP contribution in [0.1, 0.15) is 38.7 Å². The molecule has 2 aromatic carbocycles. The summed E-state index contributed by atoms with van der Waals surface area (Å²) in [5, 5.41) is 0. The number of ether oxygens (including phenoxy) is 1. The van der Waals surface area contributed by atoms with Gasteiger partial charge in [0.15, 0.2) is 0 Å². The van der Waals surface area contributed by atoms with E-state index in [4.69, 9.17) is 4.74 Å². The molecule has 4 nitrogen and oxygen atoms in total. The van der Waals surface area contributed by atoms with Crippen molar-refractivity contribution < 1.29 is 9.53 Å². The van der Waals surface area contributed by atoms with Crippen molar-refractivity contribution in [3.63, 3.8) is 0 Å². The molecule has 0 aromatic heterocycles. The molecule has 0 spiro atoms. The maximum absolute atomic E-state index is 12.1. The van der Waals surface area contributed by atoms with E-state index in [1.165, 1.54) is 0 Å². The van der Waals surface area contributed by atoms with Gasteiger partial charge in [-0.3, -0.25) is 4.79 Å². The van der Waals surface area contributed by atoms with Gasteiger partial charge in [-0.1, -0.05) is 55.8 Å². The lowest BCUT2D eigenvalue weighted by Crippen LogP contribution is -2.29. The number of unbranched alkanes of at least 4 members (excludes halogenated alkanes) is 1. The maximum Gasteiger partial charge on any atom is 0.206 e. The van der Waals surface area contributed by atoms with Gasteiger partial charge in [0.1, 0.15) is 11.5 Å². The zero-order valence-corrected chi connectivity index (χ0v) is 21.3. The number of para-hydroxylation sites is 1. The van der Waals surface area contributed by atoms with E-state index < -0.39 is 0 Å². The molecule has 0 aliphatic heterocycles. The fourth-order valence-electron chi connectivity index (χ4n) is 3.07. The first-order valence-electron chi connectivity index (χ1n) is 10.5. The van der Waals surface area contributed by atoms with Crippen LogP contribution < -0.4 is 15.6 Å². The molecule has 6 heteroatoms. The Morgan fingerprint density at radius 3 is 2.53 bits per heavy atom. The average molecular weight is 558 g/mol. The van der Waals surface area contributed by atoms with Gasteiger partial charge in [-0.05, 0) is 87.5 Å². The fraction of sp³-hybridized carbons (Fsp3) is 0.192. The SMILES string of the molecule is CCC/C=C(\NN/C(C)=C1\C=C(Br)C(=O)C(Br)=CC1)c1cccc(Oc2ccccc2)c1. The Morgan fingerprint density at radius 2 is 1.78 bits per heavy atom. The van der Waals surface area contributed by atoms with Gasteiger partial charge in [0.05, 0.1) is 14.7 Å². The summed E-state index contributed by atoms with van der Waals surface area (Å²) in [6, 6.07) is 17.8. The molecule has 0 heterocycles. The van der Waals surface area contributed by atoms with E-state index in [2.05, 4.69) is 61.8 Å². The van der Waals surface area contributed by atoms with Crippen LogP contribution in [0.2, 0.25) is 0 Å². The largest absolute Gasteiger partial charge is 0.457 e. The second kappa shape index (κ2) is 11.9. The molecule has 0 bridgehead atoms. The molecule has 166 valence electrons. The van der Waals surface area contributed by atoms with Crippen molar-refractivity contribution in [1.82, 2.24) is 10.9 Å². The van der Waals surface area contributed by atoms with Gasteiger partial charge in [-0.25, -0.2) is 0 Å². The summed E-state index contributed by atoms with van der Waals surface area (Å²) in [6.07, 6.45) is 8.55. The molecule has 0 amide bonds. The predicted molar refractivity (Wildman–Crippen MR) is 138 cm³/mol. The number of hydrogen-bond donors (Lipinski definition) is 2. The standard InChI is InChI=1S/C26H26Br2N2O2/c1-3-4-13-25(20-9-8-12-22(16-20)32-21-10-6-5-7-11-21)30-29-18(2)19-14-15-23(27)26(31)24(28)17-19/h5-13,15-17,29-30H,3-4,14H2,1-2H3/b19-18-,25-13-. The lowest BCUT2D eigenvalue weighted by molar-refractivity contribution is -0.110. The molecule has 0 saturated carbocycles. The minimum atomic E-state index is -0.0560. The second-order valence-electron chi connectivity index (χ2n) is 7.33. The van der Waals surface area contributed by atoms with Crippen LogP contribution in [0.15, 0.2) is 93.1 Å².